The average molecular weight is 360 g/mol. The molecule has 0 aromatic heterocycles. The first-order chi connectivity index (χ1) is 10.7. The van der Waals surface area contributed by atoms with Crippen LogP contribution in [0.2, 0.25) is 0 Å². The predicted octanol–water partition coefficient (Wildman–Crippen LogP) is 3.59. The highest BCUT2D eigenvalue weighted by Crippen LogP contribution is 2.50. The molecule has 0 radical (unpaired) electrons. The summed E-state index contributed by atoms with van der Waals surface area (Å²) in [6.45, 7) is 2.11. The maximum atomic E-state index is 12.9. The fraction of sp³-hybridized carbons (Fsp3) is 0.500. The van der Waals surface area contributed by atoms with Crippen molar-refractivity contribution in [2.75, 3.05) is 6.61 Å². The van der Waals surface area contributed by atoms with Gasteiger partial charge < -0.3 is 14.9 Å². The van der Waals surface area contributed by atoms with E-state index < -0.39 is 42.0 Å². The van der Waals surface area contributed by atoms with Gasteiger partial charge in [-0.05, 0) is 23.6 Å². The molecule has 1 rings (SSSR count). The van der Waals surface area contributed by atoms with Crippen molar-refractivity contribution in [2.45, 2.75) is 37.7 Å². The van der Waals surface area contributed by atoms with Crippen LogP contribution in [0.3, 0.4) is 0 Å². The highest BCUT2D eigenvalue weighted by atomic mass is 19.4. The molecule has 24 heavy (non-hydrogen) atoms. The molecule has 0 aliphatic rings. The topological polar surface area (TPSA) is 66.8 Å². The van der Waals surface area contributed by atoms with Crippen molar-refractivity contribution in [2.24, 2.45) is 0 Å². The van der Waals surface area contributed by atoms with Crippen molar-refractivity contribution >= 4 is 5.97 Å². The van der Waals surface area contributed by atoms with Gasteiger partial charge in [0.15, 0.2) is 6.61 Å². The Kier molecular flexibility index (Phi) is 5.44. The Balaban J connectivity index is 3.49. The number of hydrogen-bond donors (Lipinski definition) is 2. The molecule has 1 aromatic rings. The fourth-order valence-corrected chi connectivity index (χ4v) is 1.98. The highest BCUT2D eigenvalue weighted by molar-refractivity contribution is 5.68. The largest absolute Gasteiger partial charge is 0.482 e. The number of ether oxygens (including phenoxy) is 1. The zero-order valence-corrected chi connectivity index (χ0v) is 12.5. The summed E-state index contributed by atoms with van der Waals surface area (Å²) in [6.07, 6.45) is -12.0. The standard InChI is InChI=1S/C14H14F6O4/c1-7(2)9-5-8(3-4-10(9)24-6-11(21)22)12(23,13(15,16)17)14(18,19)20/h3-5,7,23H,6H2,1-2H3,(H,21,22). The molecule has 2 N–H and O–H groups in total. The minimum Gasteiger partial charge on any atom is -0.482 e. The van der Waals surface area contributed by atoms with Crippen LogP contribution in [0.5, 0.6) is 5.75 Å². The lowest BCUT2D eigenvalue weighted by Gasteiger charge is -2.33. The molecule has 1 aromatic carbocycles. The van der Waals surface area contributed by atoms with E-state index in [1.165, 1.54) is 13.8 Å². The zero-order chi connectivity index (χ0) is 18.9. The quantitative estimate of drug-likeness (QED) is 0.788. The van der Waals surface area contributed by atoms with Crippen molar-refractivity contribution in [1.29, 1.82) is 0 Å². The molecular weight excluding hydrogens is 346 g/mol. The van der Waals surface area contributed by atoms with E-state index in [4.69, 9.17) is 9.84 Å². The summed E-state index contributed by atoms with van der Waals surface area (Å²) in [4.78, 5) is 10.5. The lowest BCUT2D eigenvalue weighted by molar-refractivity contribution is -0.376. The summed E-state index contributed by atoms with van der Waals surface area (Å²) in [6, 6.07) is 1.70. The van der Waals surface area contributed by atoms with Gasteiger partial charge in [0.05, 0.1) is 0 Å². The van der Waals surface area contributed by atoms with Gasteiger partial charge in [-0.15, -0.1) is 0 Å². The van der Waals surface area contributed by atoms with Gasteiger partial charge in [0, 0.05) is 5.56 Å². The predicted molar refractivity (Wildman–Crippen MR) is 69.7 cm³/mol. The average Bonchev–Trinajstić information content (AvgIpc) is 2.41. The molecule has 0 amide bonds. The van der Waals surface area contributed by atoms with Gasteiger partial charge in [0.1, 0.15) is 5.75 Å². The van der Waals surface area contributed by atoms with E-state index in [2.05, 4.69) is 0 Å². The lowest BCUT2D eigenvalue weighted by atomic mass is 9.88. The number of aliphatic carboxylic acids is 1. The van der Waals surface area contributed by atoms with Crippen LogP contribution >= 0.6 is 0 Å². The number of hydrogen-bond acceptors (Lipinski definition) is 3. The van der Waals surface area contributed by atoms with Crippen molar-refractivity contribution in [1.82, 2.24) is 0 Å². The number of rotatable bonds is 5. The number of carboxylic acids is 1. The zero-order valence-electron chi connectivity index (χ0n) is 12.5. The second-order valence-electron chi connectivity index (χ2n) is 5.30. The highest BCUT2D eigenvalue weighted by Gasteiger charge is 2.71. The molecular formula is C14H14F6O4. The van der Waals surface area contributed by atoms with Crippen molar-refractivity contribution in [3.05, 3.63) is 29.3 Å². The normalized spacial score (nSPS) is 13.2. The number of halogens is 6. The van der Waals surface area contributed by atoms with Crippen LogP contribution in [-0.2, 0) is 10.4 Å². The summed E-state index contributed by atoms with van der Waals surface area (Å²) in [7, 11) is 0. The number of aliphatic hydroxyl groups is 1. The van der Waals surface area contributed by atoms with Crippen molar-refractivity contribution in [3.8, 4) is 5.75 Å². The number of alkyl halides is 6. The van der Waals surface area contributed by atoms with E-state index in [0.29, 0.717) is 12.1 Å². The molecule has 4 nitrogen and oxygen atoms in total. The van der Waals surface area contributed by atoms with E-state index in [0.717, 1.165) is 6.07 Å². The molecule has 0 unspecified atom stereocenters. The van der Waals surface area contributed by atoms with Gasteiger partial charge in [-0.3, -0.25) is 0 Å². The molecule has 0 heterocycles. The van der Waals surface area contributed by atoms with Crippen molar-refractivity contribution in [3.63, 3.8) is 0 Å². The molecule has 0 aliphatic heterocycles. The molecule has 0 saturated carbocycles. The van der Waals surface area contributed by atoms with Gasteiger partial charge >= 0.3 is 18.3 Å². The Morgan fingerprint density at radius 1 is 1.12 bits per heavy atom. The summed E-state index contributed by atoms with van der Waals surface area (Å²) in [5.41, 5.74) is -6.57. The molecule has 10 heteroatoms. The van der Waals surface area contributed by atoms with E-state index >= 15 is 0 Å². The molecule has 0 bridgehead atoms. The maximum absolute atomic E-state index is 12.9. The third-order valence-electron chi connectivity index (χ3n) is 3.22. The number of carboxylic acid groups (broad SMARTS) is 1. The van der Waals surface area contributed by atoms with Gasteiger partial charge in [0.2, 0.25) is 0 Å². The minimum atomic E-state index is -6.00. The maximum Gasteiger partial charge on any atom is 0.430 e. The minimum absolute atomic E-state index is 0.0966. The Morgan fingerprint density at radius 3 is 2.00 bits per heavy atom. The molecule has 0 aliphatic carbocycles. The van der Waals surface area contributed by atoms with Crippen LogP contribution < -0.4 is 4.74 Å². The second kappa shape index (κ2) is 6.50. The second-order valence-corrected chi connectivity index (χ2v) is 5.30. The first-order valence-electron chi connectivity index (χ1n) is 6.56. The van der Waals surface area contributed by atoms with Gasteiger partial charge in [-0.1, -0.05) is 19.9 Å². The van der Waals surface area contributed by atoms with Gasteiger partial charge in [-0.25, -0.2) is 4.79 Å². The Hall–Kier alpha value is -1.97. The van der Waals surface area contributed by atoms with Crippen LogP contribution in [0.25, 0.3) is 0 Å². The molecule has 0 fully saturated rings. The summed E-state index contributed by atoms with van der Waals surface area (Å²) < 4.78 is 82.2. The van der Waals surface area contributed by atoms with E-state index in [1.54, 1.807) is 0 Å². The van der Waals surface area contributed by atoms with Crippen LogP contribution in [0.1, 0.15) is 30.9 Å². The molecule has 0 spiro atoms. The third kappa shape index (κ3) is 3.74. The SMILES string of the molecule is CC(C)c1cc(C(O)(C(F)(F)F)C(F)(F)F)ccc1OCC(=O)O. The lowest BCUT2D eigenvalue weighted by Crippen LogP contribution is -2.54. The summed E-state index contributed by atoms with van der Waals surface area (Å²) in [5, 5.41) is 17.9. The Morgan fingerprint density at radius 2 is 1.62 bits per heavy atom. The van der Waals surface area contributed by atoms with Gasteiger partial charge in [-0.2, -0.15) is 26.3 Å². The molecule has 136 valence electrons. The van der Waals surface area contributed by atoms with Crippen LogP contribution in [0.4, 0.5) is 26.3 Å². The smallest absolute Gasteiger partial charge is 0.430 e. The van der Waals surface area contributed by atoms with E-state index in [-0.39, 0.29) is 11.3 Å². The molecule has 0 saturated heterocycles. The van der Waals surface area contributed by atoms with E-state index in [1.807, 2.05) is 0 Å². The van der Waals surface area contributed by atoms with Gasteiger partial charge in [0.25, 0.3) is 5.60 Å². The first kappa shape index (κ1) is 20.1. The third-order valence-corrected chi connectivity index (χ3v) is 3.22. The van der Waals surface area contributed by atoms with Crippen LogP contribution in [0.15, 0.2) is 18.2 Å². The number of benzene rings is 1. The summed E-state index contributed by atoms with van der Waals surface area (Å²) in [5.74, 6) is -2.13. The first-order valence-corrected chi connectivity index (χ1v) is 6.56. The monoisotopic (exact) mass is 360 g/mol. The van der Waals surface area contributed by atoms with Crippen LogP contribution in [0, 0.1) is 0 Å². The van der Waals surface area contributed by atoms with E-state index in [9.17, 15) is 36.2 Å². The molecule has 0 atom stereocenters. The number of carbonyl (C=O) groups is 1. The Bertz CT molecular complexity index is 592. The Labute approximate surface area is 132 Å². The van der Waals surface area contributed by atoms with Crippen molar-refractivity contribution < 1.29 is 46.1 Å². The fourth-order valence-electron chi connectivity index (χ4n) is 1.98. The summed E-state index contributed by atoms with van der Waals surface area (Å²) >= 11 is 0. The van der Waals surface area contributed by atoms with Crippen LogP contribution in [-0.4, -0.2) is 35.1 Å².